The van der Waals surface area contributed by atoms with Gasteiger partial charge in [0.15, 0.2) is 0 Å². The van der Waals surface area contributed by atoms with E-state index in [2.05, 4.69) is 31.3 Å². The van der Waals surface area contributed by atoms with Gasteiger partial charge in [0, 0.05) is 37.2 Å². The maximum atomic E-state index is 12.2. The lowest BCUT2D eigenvalue weighted by atomic mass is 10.0. The minimum absolute atomic E-state index is 0. The smallest absolute Gasteiger partial charge is 0.236 e. The Kier molecular flexibility index (Phi) is 6.70. The lowest BCUT2D eigenvalue weighted by Gasteiger charge is -2.41. The van der Waals surface area contributed by atoms with Crippen molar-refractivity contribution in [2.24, 2.45) is 0 Å². The number of amides is 1. The molecule has 2 saturated heterocycles. The van der Waals surface area contributed by atoms with Gasteiger partial charge < -0.3 is 10.2 Å². The Balaban J connectivity index is 0.00000210. The van der Waals surface area contributed by atoms with Gasteiger partial charge in [-0.3, -0.25) is 9.69 Å². The van der Waals surface area contributed by atoms with Crippen LogP contribution in [0.3, 0.4) is 0 Å². The van der Waals surface area contributed by atoms with Crippen LogP contribution in [0.25, 0.3) is 5.69 Å². The van der Waals surface area contributed by atoms with Crippen molar-refractivity contribution in [2.75, 3.05) is 32.7 Å². The first kappa shape index (κ1) is 20.1. The standard InChI is InChI=1S/C18H23ClN6O.ClH/c19-15-4-3-14(17(8-15)25-13-21-12-22-25)10-23-6-1-2-16(11-23)24-7-5-20-9-18(24)26;/h3-4,8,12-13,16,20H,1-2,5-7,9-11H2;1H. The SMILES string of the molecule is Cl.O=C1CNCCN1C1CCCN(Cc2ccc(Cl)cc2-n2cncn2)C1. The molecule has 0 aliphatic carbocycles. The molecule has 1 atom stereocenters. The molecule has 3 heterocycles. The van der Waals surface area contributed by atoms with Gasteiger partial charge in [0.1, 0.15) is 12.7 Å². The van der Waals surface area contributed by atoms with Crippen LogP contribution < -0.4 is 5.32 Å². The molecule has 2 aliphatic heterocycles. The van der Waals surface area contributed by atoms with Gasteiger partial charge in [-0.2, -0.15) is 5.10 Å². The summed E-state index contributed by atoms with van der Waals surface area (Å²) in [5.74, 6) is 0.220. The number of benzene rings is 1. The number of aromatic nitrogens is 3. The van der Waals surface area contributed by atoms with E-state index in [4.69, 9.17) is 11.6 Å². The molecule has 7 nitrogen and oxygen atoms in total. The van der Waals surface area contributed by atoms with Crippen LogP contribution in [0.15, 0.2) is 30.9 Å². The lowest BCUT2D eigenvalue weighted by Crippen LogP contribution is -2.56. The number of likely N-dealkylation sites (tertiary alicyclic amines) is 1. The molecule has 146 valence electrons. The zero-order valence-electron chi connectivity index (χ0n) is 15.1. The number of halogens is 2. The molecule has 1 unspecified atom stereocenters. The Labute approximate surface area is 170 Å². The second-order valence-corrected chi connectivity index (χ2v) is 7.34. The molecule has 1 N–H and O–H groups in total. The van der Waals surface area contributed by atoms with E-state index >= 15 is 0 Å². The predicted molar refractivity (Wildman–Crippen MR) is 106 cm³/mol. The third-order valence-electron chi connectivity index (χ3n) is 5.15. The van der Waals surface area contributed by atoms with Crippen LogP contribution >= 0.6 is 24.0 Å². The zero-order valence-corrected chi connectivity index (χ0v) is 16.6. The summed E-state index contributed by atoms with van der Waals surface area (Å²) < 4.78 is 1.75. The molecule has 2 aliphatic rings. The third kappa shape index (κ3) is 4.60. The summed E-state index contributed by atoms with van der Waals surface area (Å²) in [6.45, 7) is 4.91. The molecule has 2 aromatic rings. The first-order valence-electron chi connectivity index (χ1n) is 9.06. The molecule has 0 saturated carbocycles. The number of piperazine rings is 1. The van der Waals surface area contributed by atoms with Crippen LogP contribution in [0.2, 0.25) is 5.02 Å². The molecule has 0 bridgehead atoms. The average molecular weight is 411 g/mol. The van der Waals surface area contributed by atoms with E-state index < -0.39 is 0 Å². The summed E-state index contributed by atoms with van der Waals surface area (Å²) in [7, 11) is 0. The maximum absolute atomic E-state index is 12.2. The molecule has 0 spiro atoms. The third-order valence-corrected chi connectivity index (χ3v) is 5.39. The predicted octanol–water partition coefficient (Wildman–Crippen LogP) is 1.74. The fraction of sp³-hybridized carbons (Fsp3) is 0.500. The highest BCUT2D eigenvalue weighted by Crippen LogP contribution is 2.24. The lowest BCUT2D eigenvalue weighted by molar-refractivity contribution is -0.135. The van der Waals surface area contributed by atoms with Gasteiger partial charge in [-0.1, -0.05) is 17.7 Å². The Bertz CT molecular complexity index is 769. The van der Waals surface area contributed by atoms with Crippen LogP contribution in [0, 0.1) is 0 Å². The van der Waals surface area contributed by atoms with E-state index in [9.17, 15) is 4.79 Å². The van der Waals surface area contributed by atoms with E-state index in [0.29, 0.717) is 17.6 Å². The van der Waals surface area contributed by atoms with Crippen molar-refractivity contribution < 1.29 is 4.79 Å². The van der Waals surface area contributed by atoms with Crippen LogP contribution in [0.4, 0.5) is 0 Å². The minimum Gasteiger partial charge on any atom is -0.336 e. The molecule has 1 aromatic heterocycles. The minimum atomic E-state index is 0. The maximum Gasteiger partial charge on any atom is 0.236 e. The van der Waals surface area contributed by atoms with Gasteiger partial charge in [-0.05, 0) is 37.1 Å². The number of hydrogen-bond acceptors (Lipinski definition) is 5. The van der Waals surface area contributed by atoms with Crippen LogP contribution in [-0.2, 0) is 11.3 Å². The number of carbonyl (C=O) groups is 1. The van der Waals surface area contributed by atoms with Crippen LogP contribution in [-0.4, -0.2) is 69.2 Å². The molecule has 27 heavy (non-hydrogen) atoms. The first-order chi connectivity index (χ1) is 12.7. The normalized spacial score (nSPS) is 21.1. The quantitative estimate of drug-likeness (QED) is 0.831. The van der Waals surface area contributed by atoms with E-state index in [-0.39, 0.29) is 18.3 Å². The highest BCUT2D eigenvalue weighted by molar-refractivity contribution is 6.30. The van der Waals surface area contributed by atoms with E-state index in [1.807, 2.05) is 12.1 Å². The molecular formula is C18H24Cl2N6O. The van der Waals surface area contributed by atoms with Gasteiger partial charge in [0.05, 0.1) is 12.2 Å². The Morgan fingerprint density at radius 1 is 1.30 bits per heavy atom. The van der Waals surface area contributed by atoms with Gasteiger partial charge >= 0.3 is 0 Å². The molecular weight excluding hydrogens is 387 g/mol. The van der Waals surface area contributed by atoms with Crippen molar-refractivity contribution in [3.8, 4) is 5.69 Å². The Hall–Kier alpha value is -1.67. The number of piperidine rings is 1. The molecule has 4 rings (SSSR count). The summed E-state index contributed by atoms with van der Waals surface area (Å²) in [5.41, 5.74) is 2.11. The highest BCUT2D eigenvalue weighted by atomic mass is 35.5. The van der Waals surface area contributed by atoms with Crippen LogP contribution in [0.1, 0.15) is 18.4 Å². The second-order valence-electron chi connectivity index (χ2n) is 6.91. The zero-order chi connectivity index (χ0) is 17.9. The molecule has 1 amide bonds. The van der Waals surface area contributed by atoms with E-state index in [1.165, 1.54) is 6.33 Å². The molecule has 2 fully saturated rings. The molecule has 1 aromatic carbocycles. The number of nitrogens with zero attached hydrogens (tertiary/aromatic N) is 5. The summed E-state index contributed by atoms with van der Waals surface area (Å²) in [4.78, 5) is 20.7. The summed E-state index contributed by atoms with van der Waals surface area (Å²) in [6.07, 6.45) is 5.40. The largest absolute Gasteiger partial charge is 0.336 e. The monoisotopic (exact) mass is 410 g/mol. The van der Waals surface area contributed by atoms with Gasteiger partial charge in [0.2, 0.25) is 5.91 Å². The first-order valence-corrected chi connectivity index (χ1v) is 9.44. The molecule has 0 radical (unpaired) electrons. The summed E-state index contributed by atoms with van der Waals surface area (Å²) in [5, 5.41) is 8.08. The number of rotatable bonds is 4. The van der Waals surface area contributed by atoms with Crippen molar-refractivity contribution in [1.29, 1.82) is 0 Å². The van der Waals surface area contributed by atoms with Gasteiger partial charge in [-0.25, -0.2) is 9.67 Å². The van der Waals surface area contributed by atoms with E-state index in [1.54, 1.807) is 11.0 Å². The van der Waals surface area contributed by atoms with Crippen molar-refractivity contribution in [1.82, 2.24) is 29.9 Å². The topological polar surface area (TPSA) is 66.3 Å². The van der Waals surface area contributed by atoms with Crippen molar-refractivity contribution in [2.45, 2.75) is 25.4 Å². The van der Waals surface area contributed by atoms with Gasteiger partial charge in [0.25, 0.3) is 0 Å². The Morgan fingerprint density at radius 3 is 2.96 bits per heavy atom. The number of hydrogen-bond donors (Lipinski definition) is 1. The van der Waals surface area contributed by atoms with Crippen molar-refractivity contribution >= 4 is 29.9 Å². The second kappa shape index (κ2) is 9.01. The van der Waals surface area contributed by atoms with E-state index in [0.717, 1.165) is 56.8 Å². The fourth-order valence-corrected chi connectivity index (χ4v) is 4.06. The fourth-order valence-electron chi connectivity index (χ4n) is 3.89. The van der Waals surface area contributed by atoms with Crippen molar-refractivity contribution in [3.05, 3.63) is 41.4 Å². The summed E-state index contributed by atoms with van der Waals surface area (Å²) >= 11 is 6.19. The summed E-state index contributed by atoms with van der Waals surface area (Å²) in [6, 6.07) is 6.20. The number of carbonyl (C=O) groups excluding carboxylic acids is 1. The van der Waals surface area contributed by atoms with Crippen LogP contribution in [0.5, 0.6) is 0 Å². The van der Waals surface area contributed by atoms with Crippen molar-refractivity contribution in [3.63, 3.8) is 0 Å². The average Bonchev–Trinajstić information content (AvgIpc) is 3.18. The number of nitrogens with one attached hydrogen (secondary N) is 1. The Morgan fingerprint density at radius 2 is 2.19 bits per heavy atom. The highest BCUT2D eigenvalue weighted by Gasteiger charge is 2.30. The van der Waals surface area contributed by atoms with Gasteiger partial charge in [-0.15, -0.1) is 12.4 Å². The molecule has 9 heteroatoms.